The molecule has 1 aromatic rings. The topological polar surface area (TPSA) is 62.3 Å². The van der Waals surface area contributed by atoms with Crippen LogP contribution in [0.2, 0.25) is 0 Å². The van der Waals surface area contributed by atoms with E-state index in [1.807, 2.05) is 6.92 Å². The number of hydrogen-bond donors (Lipinski definition) is 1. The summed E-state index contributed by atoms with van der Waals surface area (Å²) in [7, 11) is -3.03. The van der Waals surface area contributed by atoms with Crippen LogP contribution in [0.3, 0.4) is 0 Å². The predicted octanol–water partition coefficient (Wildman–Crippen LogP) is 1.92. The number of nitrogens with one attached hydrogen (secondary N) is 1. The molecule has 1 aliphatic rings. The molecule has 0 aromatic carbocycles. The highest BCUT2D eigenvalue weighted by molar-refractivity contribution is 7.89. The zero-order valence-electron chi connectivity index (χ0n) is 12.3. The molecule has 5 nitrogen and oxygen atoms in total. The monoisotopic (exact) mass is 317 g/mol. The molecule has 1 atom stereocenters. The Bertz CT molecular complexity index is 534. The molecule has 7 heteroatoms. The van der Waals surface area contributed by atoms with Crippen molar-refractivity contribution < 1.29 is 8.42 Å². The van der Waals surface area contributed by atoms with Gasteiger partial charge in [0.2, 0.25) is 10.0 Å². The molecule has 0 amide bonds. The summed E-state index contributed by atoms with van der Waals surface area (Å²) in [6, 6.07) is 0.592. The molecule has 114 valence electrons. The molecule has 20 heavy (non-hydrogen) atoms. The highest BCUT2D eigenvalue weighted by Crippen LogP contribution is 2.20. The summed E-state index contributed by atoms with van der Waals surface area (Å²) >= 11 is 1.66. The standard InChI is InChI=1S/C13H23N3O2S2/c1-4-20(17,18)16-7-5-12(6-8-16)14-10(2)13-9-19-11(3)15-13/h9-10,12,14H,4-8H2,1-3H3. The quantitative estimate of drug-likeness (QED) is 0.901. The fourth-order valence-corrected chi connectivity index (χ4v) is 4.34. The maximum absolute atomic E-state index is 11.8. The fourth-order valence-electron chi connectivity index (χ4n) is 2.50. The van der Waals surface area contributed by atoms with Gasteiger partial charge in [0.25, 0.3) is 0 Å². The van der Waals surface area contributed by atoms with E-state index in [1.165, 1.54) is 0 Å². The molecule has 0 aliphatic carbocycles. The second-order valence-electron chi connectivity index (χ2n) is 5.25. The largest absolute Gasteiger partial charge is 0.306 e. The molecule has 0 spiro atoms. The lowest BCUT2D eigenvalue weighted by molar-refractivity contribution is 0.276. The predicted molar refractivity (Wildman–Crippen MR) is 82.5 cm³/mol. The van der Waals surface area contributed by atoms with Crippen LogP contribution in [0.4, 0.5) is 0 Å². The van der Waals surface area contributed by atoms with Crippen LogP contribution in [0.15, 0.2) is 5.38 Å². The van der Waals surface area contributed by atoms with Crippen LogP contribution in [0.25, 0.3) is 0 Å². The Morgan fingerprint density at radius 2 is 2.15 bits per heavy atom. The molecule has 1 aromatic heterocycles. The summed E-state index contributed by atoms with van der Waals surface area (Å²) in [6.45, 7) is 7.07. The van der Waals surface area contributed by atoms with Crippen LogP contribution in [0.1, 0.15) is 43.4 Å². The molecule has 0 bridgehead atoms. The molecular weight excluding hydrogens is 294 g/mol. The van der Waals surface area contributed by atoms with Crippen LogP contribution in [-0.4, -0.2) is 42.6 Å². The van der Waals surface area contributed by atoms with Crippen LogP contribution in [0, 0.1) is 6.92 Å². The second kappa shape index (κ2) is 6.51. The fraction of sp³-hybridized carbons (Fsp3) is 0.769. The number of aryl methyl sites for hydroxylation is 1. The number of sulfonamides is 1. The molecule has 1 N–H and O–H groups in total. The first-order valence-electron chi connectivity index (χ1n) is 7.08. The molecule has 0 saturated carbocycles. The number of nitrogens with zero attached hydrogens (tertiary/aromatic N) is 2. The van der Waals surface area contributed by atoms with E-state index in [-0.39, 0.29) is 11.8 Å². The van der Waals surface area contributed by atoms with E-state index in [9.17, 15) is 8.42 Å². The van der Waals surface area contributed by atoms with E-state index >= 15 is 0 Å². The number of rotatable bonds is 5. The Hall–Kier alpha value is -0.500. The smallest absolute Gasteiger partial charge is 0.213 e. The average molecular weight is 317 g/mol. The third-order valence-corrected chi connectivity index (χ3v) is 6.45. The molecule has 1 aliphatic heterocycles. The Morgan fingerprint density at radius 1 is 1.50 bits per heavy atom. The Balaban J connectivity index is 1.86. The van der Waals surface area contributed by atoms with E-state index < -0.39 is 10.0 Å². The van der Waals surface area contributed by atoms with Gasteiger partial charge in [-0.2, -0.15) is 0 Å². The highest BCUT2D eigenvalue weighted by Gasteiger charge is 2.27. The van der Waals surface area contributed by atoms with Gasteiger partial charge in [0, 0.05) is 30.6 Å². The van der Waals surface area contributed by atoms with Gasteiger partial charge in [0.05, 0.1) is 16.5 Å². The first kappa shape index (κ1) is 15.9. The lowest BCUT2D eigenvalue weighted by atomic mass is 10.1. The summed E-state index contributed by atoms with van der Waals surface area (Å²) in [5.74, 6) is 0.194. The van der Waals surface area contributed by atoms with Crippen molar-refractivity contribution in [1.29, 1.82) is 0 Å². The van der Waals surface area contributed by atoms with Gasteiger partial charge in [-0.05, 0) is 33.6 Å². The van der Waals surface area contributed by atoms with Crippen molar-refractivity contribution in [2.45, 2.75) is 45.7 Å². The molecule has 1 unspecified atom stereocenters. The minimum atomic E-state index is -3.03. The molecule has 2 rings (SSSR count). The van der Waals surface area contributed by atoms with Gasteiger partial charge in [-0.25, -0.2) is 17.7 Å². The van der Waals surface area contributed by atoms with Crippen molar-refractivity contribution in [2.24, 2.45) is 0 Å². The molecule has 2 heterocycles. The van der Waals surface area contributed by atoms with Crippen molar-refractivity contribution in [3.05, 3.63) is 16.1 Å². The maximum Gasteiger partial charge on any atom is 0.213 e. The number of aromatic nitrogens is 1. The van der Waals surface area contributed by atoms with Gasteiger partial charge < -0.3 is 5.32 Å². The minimum absolute atomic E-state index is 0.194. The van der Waals surface area contributed by atoms with E-state index in [0.29, 0.717) is 19.1 Å². The van der Waals surface area contributed by atoms with Gasteiger partial charge in [-0.15, -0.1) is 11.3 Å². The van der Waals surface area contributed by atoms with Crippen molar-refractivity contribution in [1.82, 2.24) is 14.6 Å². The molecule has 1 saturated heterocycles. The summed E-state index contributed by atoms with van der Waals surface area (Å²) in [5, 5.41) is 6.73. The van der Waals surface area contributed by atoms with Crippen molar-refractivity contribution in [3.63, 3.8) is 0 Å². The normalized spacial score (nSPS) is 20.1. The Morgan fingerprint density at radius 3 is 2.65 bits per heavy atom. The van der Waals surface area contributed by atoms with E-state index in [1.54, 1.807) is 22.6 Å². The van der Waals surface area contributed by atoms with E-state index in [0.717, 1.165) is 23.5 Å². The lowest BCUT2D eigenvalue weighted by Gasteiger charge is -2.32. The van der Waals surface area contributed by atoms with Crippen LogP contribution in [-0.2, 0) is 10.0 Å². The number of hydrogen-bond acceptors (Lipinski definition) is 5. The average Bonchev–Trinajstić information content (AvgIpc) is 2.86. The summed E-state index contributed by atoms with van der Waals surface area (Å²) in [6.07, 6.45) is 1.74. The number of thiazole rings is 1. The van der Waals surface area contributed by atoms with Crippen molar-refractivity contribution in [2.75, 3.05) is 18.8 Å². The minimum Gasteiger partial charge on any atom is -0.306 e. The molecular formula is C13H23N3O2S2. The highest BCUT2D eigenvalue weighted by atomic mass is 32.2. The Kier molecular flexibility index (Phi) is 5.17. The van der Waals surface area contributed by atoms with Gasteiger partial charge >= 0.3 is 0 Å². The lowest BCUT2D eigenvalue weighted by Crippen LogP contribution is -2.45. The van der Waals surface area contributed by atoms with Crippen LogP contribution in [0.5, 0.6) is 0 Å². The first-order valence-corrected chi connectivity index (χ1v) is 9.57. The van der Waals surface area contributed by atoms with Gasteiger partial charge in [-0.3, -0.25) is 0 Å². The number of piperidine rings is 1. The third-order valence-electron chi connectivity index (χ3n) is 3.78. The maximum atomic E-state index is 11.8. The van der Waals surface area contributed by atoms with Crippen molar-refractivity contribution >= 4 is 21.4 Å². The first-order chi connectivity index (χ1) is 9.42. The van der Waals surface area contributed by atoms with Gasteiger partial charge in [0.15, 0.2) is 0 Å². The Labute approximate surface area is 125 Å². The SMILES string of the molecule is CCS(=O)(=O)N1CCC(NC(C)c2csc(C)n2)CC1. The zero-order chi connectivity index (χ0) is 14.8. The molecule has 0 radical (unpaired) electrons. The van der Waals surface area contributed by atoms with Gasteiger partial charge in [-0.1, -0.05) is 0 Å². The summed E-state index contributed by atoms with van der Waals surface area (Å²) < 4.78 is 25.2. The zero-order valence-corrected chi connectivity index (χ0v) is 13.9. The van der Waals surface area contributed by atoms with Crippen LogP contribution < -0.4 is 5.32 Å². The molecule has 1 fully saturated rings. The van der Waals surface area contributed by atoms with Gasteiger partial charge in [0.1, 0.15) is 0 Å². The van der Waals surface area contributed by atoms with Crippen molar-refractivity contribution in [3.8, 4) is 0 Å². The van der Waals surface area contributed by atoms with E-state index in [2.05, 4.69) is 22.6 Å². The van der Waals surface area contributed by atoms with Crippen LogP contribution >= 0.6 is 11.3 Å². The summed E-state index contributed by atoms with van der Waals surface area (Å²) in [4.78, 5) is 4.49. The second-order valence-corrected chi connectivity index (χ2v) is 8.57. The summed E-state index contributed by atoms with van der Waals surface area (Å²) in [5.41, 5.74) is 1.08. The van der Waals surface area contributed by atoms with E-state index in [4.69, 9.17) is 0 Å². The third kappa shape index (κ3) is 3.78.